The van der Waals surface area contributed by atoms with Gasteiger partial charge in [-0.05, 0) is 12.8 Å². The predicted molar refractivity (Wildman–Crippen MR) is 52.9 cm³/mol. The number of nitrogens with one attached hydrogen (secondary N) is 1. The average molecular weight is 198 g/mol. The largest absolute Gasteiger partial charge is 0.366 e. The second-order valence-electron chi connectivity index (χ2n) is 3.35. The maximum Gasteiger partial charge on any atom is 0.149 e. The van der Waals surface area contributed by atoms with Crippen molar-refractivity contribution in [1.29, 1.82) is 0 Å². The standard InChI is InChI=1S/C9H12ClN3/c10-8-5-11-6-9(13-8)12-7-3-1-2-4-7/h5-7H,1-4H2,(H,12,13). The molecule has 70 valence electrons. The van der Waals surface area contributed by atoms with Crippen molar-refractivity contribution >= 4 is 17.4 Å². The first kappa shape index (κ1) is 8.75. The van der Waals surface area contributed by atoms with E-state index in [1.54, 1.807) is 12.4 Å². The molecule has 1 N–H and O–H groups in total. The molecule has 0 aliphatic heterocycles. The van der Waals surface area contributed by atoms with Gasteiger partial charge in [0.15, 0.2) is 0 Å². The maximum atomic E-state index is 5.72. The molecule has 0 atom stereocenters. The van der Waals surface area contributed by atoms with Gasteiger partial charge < -0.3 is 5.32 Å². The van der Waals surface area contributed by atoms with Crippen molar-refractivity contribution in [1.82, 2.24) is 9.97 Å². The molecule has 1 aliphatic carbocycles. The maximum absolute atomic E-state index is 5.72. The molecule has 0 unspecified atom stereocenters. The van der Waals surface area contributed by atoms with Gasteiger partial charge in [0, 0.05) is 6.04 Å². The Hall–Kier alpha value is -0.830. The van der Waals surface area contributed by atoms with Crippen LogP contribution in [0.2, 0.25) is 5.15 Å². The number of nitrogens with zero attached hydrogens (tertiary/aromatic N) is 2. The van der Waals surface area contributed by atoms with Crippen LogP contribution in [0, 0.1) is 0 Å². The Bertz CT molecular complexity index is 284. The van der Waals surface area contributed by atoms with Crippen LogP contribution in [0.1, 0.15) is 25.7 Å². The van der Waals surface area contributed by atoms with Gasteiger partial charge in [-0.3, -0.25) is 4.98 Å². The lowest BCUT2D eigenvalue weighted by Crippen LogP contribution is -2.15. The fourth-order valence-corrected chi connectivity index (χ4v) is 1.84. The van der Waals surface area contributed by atoms with Crippen LogP contribution in [0.5, 0.6) is 0 Å². The van der Waals surface area contributed by atoms with Gasteiger partial charge in [-0.1, -0.05) is 24.4 Å². The molecule has 1 aromatic heterocycles. The number of anilines is 1. The fourth-order valence-electron chi connectivity index (χ4n) is 1.69. The highest BCUT2D eigenvalue weighted by Crippen LogP contribution is 2.21. The van der Waals surface area contributed by atoms with Gasteiger partial charge in [0.25, 0.3) is 0 Å². The Morgan fingerprint density at radius 2 is 2.08 bits per heavy atom. The highest BCUT2D eigenvalue weighted by molar-refractivity contribution is 6.29. The molecule has 13 heavy (non-hydrogen) atoms. The van der Waals surface area contributed by atoms with E-state index < -0.39 is 0 Å². The first-order chi connectivity index (χ1) is 6.34. The molecule has 1 fully saturated rings. The van der Waals surface area contributed by atoms with Crippen LogP contribution in [0.15, 0.2) is 12.4 Å². The van der Waals surface area contributed by atoms with Gasteiger partial charge in [-0.2, -0.15) is 0 Å². The van der Waals surface area contributed by atoms with Crippen LogP contribution >= 0.6 is 11.6 Å². The molecule has 1 heterocycles. The zero-order valence-corrected chi connectivity index (χ0v) is 8.09. The van der Waals surface area contributed by atoms with Crippen molar-refractivity contribution in [3.63, 3.8) is 0 Å². The van der Waals surface area contributed by atoms with E-state index >= 15 is 0 Å². The molecule has 2 rings (SSSR count). The van der Waals surface area contributed by atoms with E-state index in [-0.39, 0.29) is 0 Å². The quantitative estimate of drug-likeness (QED) is 0.792. The zero-order chi connectivity index (χ0) is 9.10. The van der Waals surface area contributed by atoms with Gasteiger partial charge in [0.1, 0.15) is 11.0 Å². The Kier molecular flexibility index (Phi) is 2.64. The van der Waals surface area contributed by atoms with E-state index in [9.17, 15) is 0 Å². The van der Waals surface area contributed by atoms with Gasteiger partial charge in [0.2, 0.25) is 0 Å². The second kappa shape index (κ2) is 3.92. The summed E-state index contributed by atoms with van der Waals surface area (Å²) in [5, 5.41) is 3.77. The summed E-state index contributed by atoms with van der Waals surface area (Å²) in [7, 11) is 0. The highest BCUT2D eigenvalue weighted by atomic mass is 35.5. The van der Waals surface area contributed by atoms with Crippen molar-refractivity contribution in [2.75, 3.05) is 5.32 Å². The van der Waals surface area contributed by atoms with Gasteiger partial charge in [0.05, 0.1) is 12.4 Å². The van der Waals surface area contributed by atoms with E-state index in [0.717, 1.165) is 5.82 Å². The number of hydrogen-bond donors (Lipinski definition) is 1. The molecule has 1 saturated carbocycles. The third-order valence-corrected chi connectivity index (χ3v) is 2.49. The molecule has 1 aromatic rings. The Morgan fingerprint density at radius 1 is 1.31 bits per heavy atom. The lowest BCUT2D eigenvalue weighted by atomic mass is 10.2. The molecule has 0 aromatic carbocycles. The first-order valence-corrected chi connectivity index (χ1v) is 4.96. The van der Waals surface area contributed by atoms with Crippen LogP contribution in [0.4, 0.5) is 5.82 Å². The van der Waals surface area contributed by atoms with Crippen LogP contribution < -0.4 is 5.32 Å². The van der Waals surface area contributed by atoms with Crippen LogP contribution in [0.25, 0.3) is 0 Å². The zero-order valence-electron chi connectivity index (χ0n) is 7.33. The van der Waals surface area contributed by atoms with Crippen molar-refractivity contribution in [3.8, 4) is 0 Å². The van der Waals surface area contributed by atoms with Crippen molar-refractivity contribution in [3.05, 3.63) is 17.5 Å². The van der Waals surface area contributed by atoms with E-state index in [0.29, 0.717) is 11.2 Å². The smallest absolute Gasteiger partial charge is 0.149 e. The lowest BCUT2D eigenvalue weighted by molar-refractivity contribution is 0.749. The predicted octanol–water partition coefficient (Wildman–Crippen LogP) is 2.48. The minimum atomic E-state index is 0.447. The number of halogens is 1. The van der Waals surface area contributed by atoms with Crippen molar-refractivity contribution in [2.24, 2.45) is 0 Å². The fraction of sp³-hybridized carbons (Fsp3) is 0.556. The number of aromatic nitrogens is 2. The lowest BCUT2D eigenvalue weighted by Gasteiger charge is -2.11. The monoisotopic (exact) mass is 197 g/mol. The summed E-state index contributed by atoms with van der Waals surface area (Å²) in [5.41, 5.74) is 0. The molecule has 3 nitrogen and oxygen atoms in total. The molecule has 0 spiro atoms. The Balaban J connectivity index is 2.00. The third kappa shape index (κ3) is 2.31. The van der Waals surface area contributed by atoms with Crippen LogP contribution in [-0.4, -0.2) is 16.0 Å². The first-order valence-electron chi connectivity index (χ1n) is 4.59. The minimum absolute atomic E-state index is 0.447. The Morgan fingerprint density at radius 3 is 2.77 bits per heavy atom. The van der Waals surface area contributed by atoms with Gasteiger partial charge in [-0.25, -0.2) is 4.98 Å². The SMILES string of the molecule is Clc1cncc(NC2CCCC2)n1. The minimum Gasteiger partial charge on any atom is -0.366 e. The van der Waals surface area contributed by atoms with Crippen LogP contribution in [0.3, 0.4) is 0 Å². The summed E-state index contributed by atoms with van der Waals surface area (Å²) < 4.78 is 0. The van der Waals surface area contributed by atoms with Gasteiger partial charge >= 0.3 is 0 Å². The summed E-state index contributed by atoms with van der Waals surface area (Å²) in [6, 6.07) is 0.563. The normalized spacial score (nSPS) is 17.6. The molecule has 0 bridgehead atoms. The summed E-state index contributed by atoms with van der Waals surface area (Å²) in [6.45, 7) is 0. The third-order valence-electron chi connectivity index (χ3n) is 2.31. The number of hydrogen-bond acceptors (Lipinski definition) is 3. The van der Waals surface area contributed by atoms with Crippen molar-refractivity contribution < 1.29 is 0 Å². The van der Waals surface area contributed by atoms with E-state index in [2.05, 4.69) is 15.3 Å². The van der Waals surface area contributed by atoms with E-state index in [1.807, 2.05) is 0 Å². The molecular weight excluding hydrogens is 186 g/mol. The van der Waals surface area contributed by atoms with E-state index in [1.165, 1.54) is 25.7 Å². The van der Waals surface area contributed by atoms with Crippen LogP contribution in [-0.2, 0) is 0 Å². The summed E-state index contributed by atoms with van der Waals surface area (Å²) in [4.78, 5) is 8.10. The summed E-state index contributed by atoms with van der Waals surface area (Å²) in [6.07, 6.45) is 8.34. The topological polar surface area (TPSA) is 37.8 Å². The van der Waals surface area contributed by atoms with E-state index in [4.69, 9.17) is 11.6 Å². The van der Waals surface area contributed by atoms with Gasteiger partial charge in [-0.15, -0.1) is 0 Å². The molecule has 4 heteroatoms. The molecule has 1 aliphatic rings. The molecular formula is C9H12ClN3. The average Bonchev–Trinajstić information content (AvgIpc) is 2.57. The number of rotatable bonds is 2. The molecule has 0 amide bonds. The highest BCUT2D eigenvalue weighted by Gasteiger charge is 2.14. The Labute approximate surface area is 82.5 Å². The molecule has 0 saturated heterocycles. The summed E-state index contributed by atoms with van der Waals surface area (Å²) in [5.74, 6) is 0.791. The molecule has 0 radical (unpaired) electrons. The second-order valence-corrected chi connectivity index (χ2v) is 3.74. The summed E-state index contributed by atoms with van der Waals surface area (Å²) >= 11 is 5.72. The van der Waals surface area contributed by atoms with Crippen molar-refractivity contribution in [2.45, 2.75) is 31.7 Å².